The summed E-state index contributed by atoms with van der Waals surface area (Å²) < 4.78 is 9.66. The molecule has 20 heavy (non-hydrogen) atoms. The van der Waals surface area contributed by atoms with Crippen molar-refractivity contribution < 1.29 is 24.2 Å². The molecule has 6 nitrogen and oxygen atoms in total. The van der Waals surface area contributed by atoms with Crippen molar-refractivity contribution in [1.29, 1.82) is 0 Å². The number of phenolic OH excluding ortho intramolecular Hbond substituents is 1. The predicted octanol–water partition coefficient (Wildman–Crippen LogP) is 2.31. The zero-order valence-electron chi connectivity index (χ0n) is 11.7. The molecule has 0 fully saturated rings. The number of esters is 1. The molecule has 0 spiro atoms. The Balaban J connectivity index is 2.81. The van der Waals surface area contributed by atoms with Crippen molar-refractivity contribution in [3.05, 3.63) is 24.3 Å². The van der Waals surface area contributed by atoms with Gasteiger partial charge in [0, 0.05) is 5.69 Å². The number of methoxy groups -OCH3 is 1. The van der Waals surface area contributed by atoms with Crippen LogP contribution in [0.15, 0.2) is 24.3 Å². The topological polar surface area (TPSA) is 76.1 Å². The average molecular weight is 281 g/mol. The van der Waals surface area contributed by atoms with Gasteiger partial charge < -0.3 is 14.6 Å². The Morgan fingerprint density at radius 1 is 1.25 bits per heavy atom. The lowest BCUT2D eigenvalue weighted by Gasteiger charge is -2.21. The third kappa shape index (κ3) is 4.79. The molecular weight excluding hydrogens is 262 g/mol. The molecule has 0 atom stereocenters. The first kappa shape index (κ1) is 15.8. The summed E-state index contributed by atoms with van der Waals surface area (Å²) in [5.74, 6) is -0.475. The summed E-state index contributed by atoms with van der Waals surface area (Å²) in [6.45, 7) is 2.04. The first-order valence-electron chi connectivity index (χ1n) is 6.38. The number of hydrogen-bond donors (Lipinski definition) is 1. The minimum atomic E-state index is -0.616. The minimum absolute atomic E-state index is 0.0751. The van der Waals surface area contributed by atoms with Crippen molar-refractivity contribution in [2.75, 3.05) is 25.2 Å². The van der Waals surface area contributed by atoms with Crippen LogP contribution in [0, 0.1) is 0 Å². The van der Waals surface area contributed by atoms with E-state index in [4.69, 9.17) is 4.74 Å². The number of carbonyl (C=O) groups is 2. The molecule has 0 radical (unpaired) electrons. The number of phenols is 1. The molecule has 0 saturated heterocycles. The summed E-state index contributed by atoms with van der Waals surface area (Å²) in [7, 11) is 1.25. The van der Waals surface area contributed by atoms with E-state index in [9.17, 15) is 14.7 Å². The van der Waals surface area contributed by atoms with Crippen molar-refractivity contribution in [3.63, 3.8) is 0 Å². The van der Waals surface area contributed by atoms with Crippen LogP contribution < -0.4 is 4.90 Å². The fourth-order valence-electron chi connectivity index (χ4n) is 1.47. The molecule has 1 amide bonds. The van der Waals surface area contributed by atoms with E-state index in [1.165, 1.54) is 36.3 Å². The summed E-state index contributed by atoms with van der Waals surface area (Å²) in [4.78, 5) is 24.5. The van der Waals surface area contributed by atoms with E-state index < -0.39 is 12.1 Å². The smallest absolute Gasteiger partial charge is 0.414 e. The van der Waals surface area contributed by atoms with Gasteiger partial charge in [0.1, 0.15) is 12.3 Å². The minimum Gasteiger partial charge on any atom is -0.508 e. The average Bonchev–Trinajstić information content (AvgIpc) is 2.45. The summed E-state index contributed by atoms with van der Waals surface area (Å²) in [5, 5.41) is 9.25. The largest absolute Gasteiger partial charge is 0.508 e. The van der Waals surface area contributed by atoms with Crippen molar-refractivity contribution in [3.8, 4) is 5.75 Å². The lowest BCUT2D eigenvalue weighted by atomic mass is 10.3. The highest BCUT2D eigenvalue weighted by Gasteiger charge is 2.20. The SMILES string of the molecule is CCCCOC(=O)N(CC(=O)OC)c1ccc(O)cc1. The van der Waals surface area contributed by atoms with E-state index in [0.717, 1.165) is 12.8 Å². The zero-order chi connectivity index (χ0) is 15.0. The molecule has 0 aliphatic heterocycles. The van der Waals surface area contributed by atoms with Crippen molar-refractivity contribution in [2.24, 2.45) is 0 Å². The highest BCUT2D eigenvalue weighted by Crippen LogP contribution is 2.19. The molecule has 6 heteroatoms. The standard InChI is InChI=1S/C14H19NO5/c1-3-4-9-20-14(18)15(10-13(17)19-2)11-5-7-12(16)8-6-11/h5-8,16H,3-4,9-10H2,1-2H3. The number of aromatic hydroxyl groups is 1. The van der Waals surface area contributed by atoms with E-state index >= 15 is 0 Å². The Morgan fingerprint density at radius 2 is 1.90 bits per heavy atom. The van der Waals surface area contributed by atoms with Gasteiger partial charge in [-0.1, -0.05) is 13.3 Å². The van der Waals surface area contributed by atoms with Gasteiger partial charge >= 0.3 is 12.1 Å². The molecule has 0 aliphatic carbocycles. The number of hydrogen-bond acceptors (Lipinski definition) is 5. The summed E-state index contributed by atoms with van der Waals surface area (Å²) in [5.41, 5.74) is 0.453. The molecule has 0 heterocycles. The van der Waals surface area contributed by atoms with E-state index in [0.29, 0.717) is 12.3 Å². The first-order chi connectivity index (χ1) is 9.58. The maximum atomic E-state index is 12.0. The molecular formula is C14H19NO5. The second-order valence-corrected chi connectivity index (χ2v) is 4.15. The van der Waals surface area contributed by atoms with E-state index in [2.05, 4.69) is 4.74 Å². The molecule has 1 rings (SSSR count). The van der Waals surface area contributed by atoms with E-state index in [-0.39, 0.29) is 12.3 Å². The van der Waals surface area contributed by atoms with Crippen LogP contribution in [0.4, 0.5) is 10.5 Å². The second-order valence-electron chi connectivity index (χ2n) is 4.15. The van der Waals surface area contributed by atoms with Crippen LogP contribution in [0.3, 0.4) is 0 Å². The molecule has 110 valence electrons. The van der Waals surface area contributed by atoms with E-state index in [1.807, 2.05) is 6.92 Å². The molecule has 1 N–H and O–H groups in total. The van der Waals surface area contributed by atoms with Crippen molar-refractivity contribution in [2.45, 2.75) is 19.8 Å². The Morgan fingerprint density at radius 3 is 2.45 bits per heavy atom. The van der Waals surface area contributed by atoms with Gasteiger partial charge in [-0.25, -0.2) is 4.79 Å². The van der Waals surface area contributed by atoms with Gasteiger partial charge in [0.15, 0.2) is 0 Å². The quantitative estimate of drug-likeness (QED) is 0.639. The lowest BCUT2D eigenvalue weighted by molar-refractivity contribution is -0.138. The van der Waals surface area contributed by atoms with Crippen LogP contribution in [0.5, 0.6) is 5.75 Å². The van der Waals surface area contributed by atoms with Gasteiger partial charge in [0.25, 0.3) is 0 Å². The Labute approximate surface area is 117 Å². The van der Waals surface area contributed by atoms with Crippen LogP contribution >= 0.6 is 0 Å². The van der Waals surface area contributed by atoms with Gasteiger partial charge in [0.05, 0.1) is 13.7 Å². The normalized spacial score (nSPS) is 9.90. The molecule has 0 unspecified atom stereocenters. The Hall–Kier alpha value is -2.24. The number of carbonyl (C=O) groups excluding carboxylic acids is 2. The number of benzene rings is 1. The number of unbranched alkanes of at least 4 members (excludes halogenated alkanes) is 1. The number of nitrogens with zero attached hydrogens (tertiary/aromatic N) is 1. The lowest BCUT2D eigenvalue weighted by Crippen LogP contribution is -2.36. The molecule has 0 aromatic heterocycles. The highest BCUT2D eigenvalue weighted by molar-refractivity contribution is 5.93. The van der Waals surface area contributed by atoms with E-state index in [1.54, 1.807) is 0 Å². The third-order valence-electron chi connectivity index (χ3n) is 2.62. The highest BCUT2D eigenvalue weighted by atomic mass is 16.6. The summed E-state index contributed by atoms with van der Waals surface area (Å²) in [6, 6.07) is 5.91. The first-order valence-corrected chi connectivity index (χ1v) is 6.38. The zero-order valence-corrected chi connectivity index (χ0v) is 11.7. The maximum Gasteiger partial charge on any atom is 0.414 e. The molecule has 1 aromatic rings. The third-order valence-corrected chi connectivity index (χ3v) is 2.62. The van der Waals surface area contributed by atoms with Crippen LogP contribution in [-0.2, 0) is 14.3 Å². The Bertz CT molecular complexity index is 443. The van der Waals surface area contributed by atoms with Crippen LogP contribution in [0.1, 0.15) is 19.8 Å². The number of anilines is 1. The predicted molar refractivity (Wildman–Crippen MR) is 73.7 cm³/mol. The van der Waals surface area contributed by atoms with Crippen LogP contribution in [0.25, 0.3) is 0 Å². The summed E-state index contributed by atoms with van der Waals surface area (Å²) in [6.07, 6.45) is 1.05. The Kier molecular flexibility index (Phi) is 6.36. The second kappa shape index (κ2) is 8.04. The van der Waals surface area contributed by atoms with Crippen molar-refractivity contribution in [1.82, 2.24) is 0 Å². The van der Waals surface area contributed by atoms with Gasteiger partial charge in [-0.15, -0.1) is 0 Å². The van der Waals surface area contributed by atoms with Gasteiger partial charge in [-0.3, -0.25) is 9.69 Å². The molecule has 0 saturated carbocycles. The van der Waals surface area contributed by atoms with Crippen molar-refractivity contribution >= 4 is 17.7 Å². The number of ether oxygens (including phenoxy) is 2. The molecule has 0 aliphatic rings. The van der Waals surface area contributed by atoms with Crippen LogP contribution in [-0.4, -0.2) is 37.4 Å². The fourth-order valence-corrected chi connectivity index (χ4v) is 1.47. The number of rotatable bonds is 6. The monoisotopic (exact) mass is 281 g/mol. The number of amides is 1. The van der Waals surface area contributed by atoms with Gasteiger partial charge in [-0.2, -0.15) is 0 Å². The molecule has 0 bridgehead atoms. The molecule has 1 aromatic carbocycles. The van der Waals surface area contributed by atoms with Gasteiger partial charge in [-0.05, 0) is 30.7 Å². The fraction of sp³-hybridized carbons (Fsp3) is 0.429. The summed E-state index contributed by atoms with van der Waals surface area (Å²) >= 11 is 0. The maximum absolute atomic E-state index is 12.0. The van der Waals surface area contributed by atoms with Gasteiger partial charge in [0.2, 0.25) is 0 Å². The van der Waals surface area contributed by atoms with Crippen LogP contribution in [0.2, 0.25) is 0 Å².